The summed E-state index contributed by atoms with van der Waals surface area (Å²) in [5.74, 6) is -0.117. The minimum Gasteiger partial charge on any atom is -0.411 e. The van der Waals surface area contributed by atoms with Gasteiger partial charge in [-0.3, -0.25) is 10.1 Å². The van der Waals surface area contributed by atoms with E-state index in [4.69, 9.17) is 16.0 Å². The van der Waals surface area contributed by atoms with Crippen LogP contribution in [0.15, 0.2) is 33.9 Å². The molecular formula is C13H13ClN4O3S. The first-order chi connectivity index (χ1) is 10.5. The highest BCUT2D eigenvalue weighted by Crippen LogP contribution is 2.26. The molecule has 1 atom stereocenters. The fourth-order valence-electron chi connectivity index (χ4n) is 1.45. The number of aromatic nitrogens is 2. The smallest absolute Gasteiger partial charge is 0.321 e. The van der Waals surface area contributed by atoms with Gasteiger partial charge in [0.25, 0.3) is 5.22 Å². The number of halogens is 1. The van der Waals surface area contributed by atoms with Gasteiger partial charge in [0.2, 0.25) is 11.8 Å². The average molecular weight is 341 g/mol. The number of urea groups is 1. The Morgan fingerprint density at radius 3 is 2.59 bits per heavy atom. The first-order valence-electron chi connectivity index (χ1n) is 6.28. The maximum atomic E-state index is 11.7. The number of hydrogen-bond donors (Lipinski definition) is 2. The molecule has 1 heterocycles. The summed E-state index contributed by atoms with van der Waals surface area (Å²) in [6, 6.07) is 6.38. The third kappa shape index (κ3) is 4.22. The SMILES string of the molecule is CNC(=O)NC(=O)C(C)Sc1nnc(-c2ccc(Cl)cc2)o1. The highest BCUT2D eigenvalue weighted by Gasteiger charge is 2.20. The molecular weight excluding hydrogens is 328 g/mol. The van der Waals surface area contributed by atoms with Crippen LogP contribution in [-0.2, 0) is 4.79 Å². The summed E-state index contributed by atoms with van der Waals surface area (Å²) < 4.78 is 5.48. The standard InChI is InChI=1S/C13H13ClN4O3S/c1-7(10(19)16-12(20)15-2)22-13-18-17-11(21-13)8-3-5-9(14)6-4-8/h3-7H,1-2H3,(H2,15,16,19,20). The normalized spacial score (nSPS) is 11.8. The molecule has 2 aromatic rings. The predicted molar refractivity (Wildman–Crippen MR) is 82.7 cm³/mol. The Kier molecular flexibility index (Phi) is 5.40. The molecule has 2 rings (SSSR count). The Hall–Kier alpha value is -2.06. The minimum atomic E-state index is -0.565. The van der Waals surface area contributed by atoms with E-state index in [0.717, 1.165) is 17.3 Å². The van der Waals surface area contributed by atoms with Crippen molar-refractivity contribution in [3.05, 3.63) is 29.3 Å². The molecule has 7 nitrogen and oxygen atoms in total. The molecule has 3 amide bonds. The zero-order valence-corrected chi connectivity index (χ0v) is 13.4. The quantitative estimate of drug-likeness (QED) is 0.829. The van der Waals surface area contributed by atoms with Gasteiger partial charge in [0.15, 0.2) is 0 Å². The Labute approximate surface area is 135 Å². The molecule has 9 heteroatoms. The highest BCUT2D eigenvalue weighted by atomic mass is 35.5. The second-order valence-corrected chi connectivity index (χ2v) is 5.94. The number of nitrogens with zero attached hydrogens (tertiary/aromatic N) is 2. The largest absolute Gasteiger partial charge is 0.411 e. The van der Waals surface area contributed by atoms with Gasteiger partial charge in [0.1, 0.15) is 0 Å². The molecule has 2 N–H and O–H groups in total. The Balaban J connectivity index is 2.01. The monoisotopic (exact) mass is 340 g/mol. The van der Waals surface area contributed by atoms with Crippen LogP contribution in [-0.4, -0.2) is 34.4 Å². The Bertz CT molecular complexity index is 674. The van der Waals surface area contributed by atoms with Crippen LogP contribution in [0.1, 0.15) is 6.92 Å². The molecule has 22 heavy (non-hydrogen) atoms. The molecule has 0 fully saturated rings. The third-order valence-electron chi connectivity index (χ3n) is 2.61. The van der Waals surface area contributed by atoms with Crippen LogP contribution in [0.3, 0.4) is 0 Å². The number of amides is 3. The summed E-state index contributed by atoms with van der Waals surface area (Å²) in [5, 5.41) is 12.6. The number of carbonyl (C=O) groups excluding carboxylic acids is 2. The summed E-state index contributed by atoms with van der Waals surface area (Å²) in [6.07, 6.45) is 0. The Morgan fingerprint density at radius 2 is 1.95 bits per heavy atom. The van der Waals surface area contributed by atoms with Crippen LogP contribution in [0.2, 0.25) is 5.02 Å². The van der Waals surface area contributed by atoms with Gasteiger partial charge in [0.05, 0.1) is 5.25 Å². The maximum Gasteiger partial charge on any atom is 0.321 e. The number of thioether (sulfide) groups is 1. The van der Waals surface area contributed by atoms with Crippen LogP contribution in [0.25, 0.3) is 11.5 Å². The summed E-state index contributed by atoms with van der Waals surface area (Å²) >= 11 is 6.88. The van der Waals surface area contributed by atoms with E-state index in [1.807, 2.05) is 0 Å². The van der Waals surface area contributed by atoms with Gasteiger partial charge in [0, 0.05) is 17.6 Å². The van der Waals surface area contributed by atoms with Crippen molar-refractivity contribution in [2.24, 2.45) is 0 Å². The van der Waals surface area contributed by atoms with Crippen LogP contribution in [0.4, 0.5) is 4.79 Å². The van der Waals surface area contributed by atoms with Gasteiger partial charge in [-0.2, -0.15) is 0 Å². The fourth-order valence-corrected chi connectivity index (χ4v) is 2.26. The second-order valence-electron chi connectivity index (χ2n) is 4.21. The van der Waals surface area contributed by atoms with Gasteiger partial charge < -0.3 is 9.73 Å². The maximum absolute atomic E-state index is 11.7. The van der Waals surface area contributed by atoms with E-state index >= 15 is 0 Å². The molecule has 0 spiro atoms. The van der Waals surface area contributed by atoms with E-state index in [1.54, 1.807) is 31.2 Å². The van der Waals surface area contributed by atoms with E-state index in [9.17, 15) is 9.59 Å². The number of rotatable bonds is 4. The predicted octanol–water partition coefficient (Wildman–Crippen LogP) is 2.33. The molecule has 1 aromatic heterocycles. The van der Waals surface area contributed by atoms with Gasteiger partial charge in [-0.25, -0.2) is 4.79 Å². The zero-order chi connectivity index (χ0) is 16.1. The molecule has 0 saturated heterocycles. The van der Waals surface area contributed by atoms with Crippen LogP contribution in [0.5, 0.6) is 0 Å². The fraction of sp³-hybridized carbons (Fsp3) is 0.231. The molecule has 1 aromatic carbocycles. The first kappa shape index (κ1) is 16.3. The minimum absolute atomic E-state index is 0.240. The van der Waals surface area contributed by atoms with Crippen molar-refractivity contribution in [1.29, 1.82) is 0 Å². The molecule has 0 saturated carbocycles. The lowest BCUT2D eigenvalue weighted by Gasteiger charge is -2.07. The van der Waals surface area contributed by atoms with Gasteiger partial charge in [-0.05, 0) is 31.2 Å². The first-order valence-corrected chi connectivity index (χ1v) is 7.54. The topological polar surface area (TPSA) is 97.1 Å². The van der Waals surface area contributed by atoms with E-state index in [-0.39, 0.29) is 5.22 Å². The van der Waals surface area contributed by atoms with Gasteiger partial charge in [-0.15, -0.1) is 10.2 Å². The lowest BCUT2D eigenvalue weighted by atomic mass is 10.2. The average Bonchev–Trinajstić information content (AvgIpc) is 2.96. The lowest BCUT2D eigenvalue weighted by molar-refractivity contribution is -0.119. The molecule has 116 valence electrons. The van der Waals surface area contributed by atoms with Crippen LogP contribution >= 0.6 is 23.4 Å². The lowest BCUT2D eigenvalue weighted by Crippen LogP contribution is -2.41. The molecule has 0 radical (unpaired) electrons. The number of benzene rings is 1. The van der Waals surface area contributed by atoms with E-state index in [1.165, 1.54) is 7.05 Å². The summed E-state index contributed by atoms with van der Waals surface area (Å²) in [7, 11) is 1.43. The van der Waals surface area contributed by atoms with Crippen molar-refractivity contribution < 1.29 is 14.0 Å². The van der Waals surface area contributed by atoms with Gasteiger partial charge in [-0.1, -0.05) is 23.4 Å². The molecule has 0 aliphatic heterocycles. The molecule has 0 bridgehead atoms. The van der Waals surface area contributed by atoms with Gasteiger partial charge >= 0.3 is 6.03 Å². The third-order valence-corrected chi connectivity index (χ3v) is 3.79. The van der Waals surface area contributed by atoms with Crippen LogP contribution < -0.4 is 10.6 Å². The van der Waals surface area contributed by atoms with Crippen LogP contribution in [0, 0.1) is 0 Å². The van der Waals surface area contributed by atoms with Crippen molar-refractivity contribution in [2.75, 3.05) is 7.05 Å². The van der Waals surface area contributed by atoms with Crippen molar-refractivity contribution in [3.8, 4) is 11.5 Å². The van der Waals surface area contributed by atoms with E-state index in [2.05, 4.69) is 20.8 Å². The molecule has 0 aliphatic carbocycles. The summed E-state index contributed by atoms with van der Waals surface area (Å²) in [4.78, 5) is 22.8. The molecule has 1 unspecified atom stereocenters. The summed E-state index contributed by atoms with van der Waals surface area (Å²) in [5.41, 5.74) is 0.728. The number of nitrogens with one attached hydrogen (secondary N) is 2. The highest BCUT2D eigenvalue weighted by molar-refractivity contribution is 8.00. The van der Waals surface area contributed by atoms with E-state index < -0.39 is 17.2 Å². The van der Waals surface area contributed by atoms with Crippen molar-refractivity contribution in [3.63, 3.8) is 0 Å². The zero-order valence-electron chi connectivity index (χ0n) is 11.8. The van der Waals surface area contributed by atoms with E-state index in [0.29, 0.717) is 10.9 Å². The molecule has 0 aliphatic rings. The van der Waals surface area contributed by atoms with Crippen molar-refractivity contribution >= 4 is 35.3 Å². The van der Waals surface area contributed by atoms with Crippen molar-refractivity contribution in [2.45, 2.75) is 17.4 Å². The number of hydrogen-bond acceptors (Lipinski definition) is 6. The van der Waals surface area contributed by atoms with Crippen molar-refractivity contribution in [1.82, 2.24) is 20.8 Å². The summed E-state index contributed by atoms with van der Waals surface area (Å²) in [6.45, 7) is 1.63. The Morgan fingerprint density at radius 1 is 1.27 bits per heavy atom. The number of imide groups is 1. The number of carbonyl (C=O) groups is 2. The second kappa shape index (κ2) is 7.28.